The molecule has 0 saturated carbocycles. The smallest absolute Gasteiger partial charge is 0.357 e. The first kappa shape index (κ1) is 25.7. The van der Waals surface area contributed by atoms with E-state index in [1.807, 2.05) is 6.92 Å². The number of rotatable bonds is 7. The highest BCUT2D eigenvalue weighted by Crippen LogP contribution is 2.19. The number of nitrogens with zero attached hydrogens (tertiary/aromatic N) is 2. The maximum atomic E-state index is 12.5. The third-order valence-electron chi connectivity index (χ3n) is 3.45. The maximum absolute atomic E-state index is 12.5. The van der Waals surface area contributed by atoms with E-state index in [1.165, 1.54) is 4.90 Å². The number of likely N-dealkylation sites (tertiary alicyclic amines) is 1. The van der Waals surface area contributed by atoms with Gasteiger partial charge in [-0.25, -0.2) is 13.1 Å². The molecule has 0 aromatic heterocycles. The number of alkyl halides is 3. The summed E-state index contributed by atoms with van der Waals surface area (Å²) in [6, 6.07) is -0.133. The maximum Gasteiger partial charge on any atom is 0.401 e. The highest BCUT2D eigenvalue weighted by Gasteiger charge is 2.34. The normalized spacial score (nSPS) is 20.0. The number of halogens is 4. The molecule has 1 atom stereocenters. The zero-order chi connectivity index (χ0) is 19.3. The predicted molar refractivity (Wildman–Crippen MR) is 107 cm³/mol. The van der Waals surface area contributed by atoms with Gasteiger partial charge in [-0.1, -0.05) is 0 Å². The number of aliphatic imine (C=N–C) groups is 1. The summed E-state index contributed by atoms with van der Waals surface area (Å²) in [5, 5.41) is 6.15. The highest BCUT2D eigenvalue weighted by molar-refractivity contribution is 14.0. The Bertz CT molecular complexity index is 569. The van der Waals surface area contributed by atoms with Crippen molar-refractivity contribution in [2.24, 2.45) is 4.99 Å². The van der Waals surface area contributed by atoms with Gasteiger partial charge in [0.25, 0.3) is 0 Å². The molecular weight excluding hydrogens is 486 g/mol. The molecule has 1 aliphatic rings. The molecule has 156 valence electrons. The monoisotopic (exact) mass is 515 g/mol. The van der Waals surface area contributed by atoms with Crippen LogP contribution in [0.1, 0.15) is 27.2 Å². The summed E-state index contributed by atoms with van der Waals surface area (Å²) < 4.78 is 62.6. The van der Waals surface area contributed by atoms with Crippen molar-refractivity contribution in [2.45, 2.75) is 44.9 Å². The van der Waals surface area contributed by atoms with Gasteiger partial charge < -0.3 is 10.6 Å². The van der Waals surface area contributed by atoms with Gasteiger partial charge in [-0.05, 0) is 27.2 Å². The number of hydrogen-bond donors (Lipinski definition) is 3. The lowest BCUT2D eigenvalue weighted by Crippen LogP contribution is -2.48. The number of nitrogens with one attached hydrogen (secondary N) is 3. The summed E-state index contributed by atoms with van der Waals surface area (Å²) >= 11 is 0. The molecule has 7 nitrogen and oxygen atoms in total. The van der Waals surface area contributed by atoms with E-state index in [9.17, 15) is 21.6 Å². The minimum Gasteiger partial charge on any atom is -0.357 e. The SMILES string of the molecule is CCNC(=NCC(C)(C)NS(C)(=O)=O)NC1CCN(CC(F)(F)F)C1.I. The number of guanidine groups is 1. The van der Waals surface area contributed by atoms with E-state index in [0.717, 1.165) is 6.26 Å². The zero-order valence-corrected chi connectivity index (χ0v) is 18.6. The Morgan fingerprint density at radius 2 is 1.92 bits per heavy atom. The average molecular weight is 515 g/mol. The van der Waals surface area contributed by atoms with Gasteiger partial charge in [-0.3, -0.25) is 9.89 Å². The van der Waals surface area contributed by atoms with E-state index in [2.05, 4.69) is 20.3 Å². The van der Waals surface area contributed by atoms with Crippen molar-refractivity contribution in [3.8, 4) is 0 Å². The van der Waals surface area contributed by atoms with Crippen LogP contribution in [0, 0.1) is 0 Å². The molecule has 0 radical (unpaired) electrons. The van der Waals surface area contributed by atoms with Crippen molar-refractivity contribution in [1.29, 1.82) is 0 Å². The molecule has 12 heteroatoms. The molecule has 0 aromatic rings. The van der Waals surface area contributed by atoms with Crippen LogP contribution in [0.15, 0.2) is 4.99 Å². The van der Waals surface area contributed by atoms with Gasteiger partial charge in [0, 0.05) is 31.2 Å². The van der Waals surface area contributed by atoms with Gasteiger partial charge >= 0.3 is 6.18 Å². The molecule has 0 spiro atoms. The topological polar surface area (TPSA) is 85.8 Å². The summed E-state index contributed by atoms with van der Waals surface area (Å²) in [6.07, 6.45) is -2.53. The lowest BCUT2D eigenvalue weighted by molar-refractivity contribution is -0.143. The summed E-state index contributed by atoms with van der Waals surface area (Å²) in [4.78, 5) is 5.72. The van der Waals surface area contributed by atoms with Crippen LogP contribution in [0.2, 0.25) is 0 Å². The van der Waals surface area contributed by atoms with Gasteiger partial charge in [0.15, 0.2) is 5.96 Å². The molecule has 0 bridgehead atoms. The van der Waals surface area contributed by atoms with Gasteiger partial charge in [0.2, 0.25) is 10.0 Å². The summed E-state index contributed by atoms with van der Waals surface area (Å²) in [6.45, 7) is 5.82. The van der Waals surface area contributed by atoms with E-state index in [0.29, 0.717) is 25.5 Å². The molecule has 0 amide bonds. The minimum atomic E-state index is -4.20. The molecule has 3 N–H and O–H groups in total. The van der Waals surface area contributed by atoms with Crippen molar-refractivity contribution in [1.82, 2.24) is 20.3 Å². The van der Waals surface area contributed by atoms with Gasteiger partial charge in [0.1, 0.15) is 0 Å². The zero-order valence-electron chi connectivity index (χ0n) is 15.5. The van der Waals surface area contributed by atoms with E-state index >= 15 is 0 Å². The van der Waals surface area contributed by atoms with Crippen molar-refractivity contribution >= 4 is 40.0 Å². The van der Waals surface area contributed by atoms with Crippen LogP contribution in [0.25, 0.3) is 0 Å². The Hall–Kier alpha value is -0.340. The van der Waals surface area contributed by atoms with Crippen molar-refractivity contribution in [2.75, 3.05) is 39.0 Å². The average Bonchev–Trinajstić information content (AvgIpc) is 2.78. The third kappa shape index (κ3) is 11.4. The summed E-state index contributed by atoms with van der Waals surface area (Å²) in [5.74, 6) is 0.463. The second-order valence-corrected chi connectivity index (χ2v) is 8.68. The van der Waals surface area contributed by atoms with Crippen molar-refractivity contribution < 1.29 is 21.6 Å². The van der Waals surface area contributed by atoms with Crippen LogP contribution in [0.3, 0.4) is 0 Å². The summed E-state index contributed by atoms with van der Waals surface area (Å²) in [5.41, 5.74) is -0.770. The van der Waals surface area contributed by atoms with Crippen LogP contribution in [-0.4, -0.2) is 76.0 Å². The Balaban J connectivity index is 0.00000625. The molecule has 0 aliphatic carbocycles. The van der Waals surface area contributed by atoms with Crippen LogP contribution in [0.4, 0.5) is 13.2 Å². The van der Waals surface area contributed by atoms with Gasteiger partial charge in [-0.15, -0.1) is 24.0 Å². The fourth-order valence-corrected chi connectivity index (χ4v) is 3.74. The second kappa shape index (κ2) is 10.3. The van der Waals surface area contributed by atoms with Crippen molar-refractivity contribution in [3.05, 3.63) is 0 Å². The lowest BCUT2D eigenvalue weighted by Gasteiger charge is -2.24. The van der Waals surface area contributed by atoms with Crippen LogP contribution >= 0.6 is 24.0 Å². The molecule has 1 fully saturated rings. The van der Waals surface area contributed by atoms with Crippen molar-refractivity contribution in [3.63, 3.8) is 0 Å². The fraction of sp³-hybridized carbons (Fsp3) is 0.929. The first-order valence-corrected chi connectivity index (χ1v) is 10.0. The molecule has 1 heterocycles. The highest BCUT2D eigenvalue weighted by atomic mass is 127. The number of sulfonamides is 1. The van der Waals surface area contributed by atoms with Crippen LogP contribution < -0.4 is 15.4 Å². The molecule has 1 rings (SSSR count). The van der Waals surface area contributed by atoms with E-state index in [1.54, 1.807) is 13.8 Å². The molecule has 1 unspecified atom stereocenters. The minimum absolute atomic E-state index is 0. The Morgan fingerprint density at radius 1 is 1.31 bits per heavy atom. The van der Waals surface area contributed by atoms with Gasteiger partial charge in [-0.2, -0.15) is 13.2 Å². The quantitative estimate of drug-likeness (QED) is 0.269. The van der Waals surface area contributed by atoms with E-state index < -0.39 is 28.3 Å². The largest absolute Gasteiger partial charge is 0.401 e. The first-order valence-electron chi connectivity index (χ1n) is 8.12. The Labute approximate surface area is 170 Å². The molecule has 1 saturated heterocycles. The number of hydrogen-bond acceptors (Lipinski definition) is 4. The Kier molecular flexibility index (Phi) is 10.1. The Morgan fingerprint density at radius 3 is 2.42 bits per heavy atom. The predicted octanol–water partition coefficient (Wildman–Crippen LogP) is 1.12. The van der Waals surface area contributed by atoms with Crippen LogP contribution in [-0.2, 0) is 10.0 Å². The van der Waals surface area contributed by atoms with Gasteiger partial charge in [0.05, 0.1) is 19.3 Å². The third-order valence-corrected chi connectivity index (χ3v) is 4.38. The van der Waals surface area contributed by atoms with E-state index in [4.69, 9.17) is 0 Å². The second-order valence-electron chi connectivity index (χ2n) is 6.93. The summed E-state index contributed by atoms with van der Waals surface area (Å²) in [7, 11) is -3.36. The lowest BCUT2D eigenvalue weighted by atomic mass is 10.1. The first-order chi connectivity index (χ1) is 11.3. The molecule has 1 aliphatic heterocycles. The standard InChI is InChI=1S/C14H28F3N5O2S.HI/c1-5-18-12(19-9-13(2,3)21-25(4,23)24)20-11-6-7-22(8-11)10-14(15,16)17;/h11,21H,5-10H2,1-4H3,(H2,18,19,20);1H. The molecular formula is C14H29F3IN5O2S. The van der Waals surface area contributed by atoms with E-state index in [-0.39, 0.29) is 43.1 Å². The van der Waals surface area contributed by atoms with Crippen LogP contribution in [0.5, 0.6) is 0 Å². The molecule has 26 heavy (non-hydrogen) atoms. The molecule has 0 aromatic carbocycles. The fourth-order valence-electron chi connectivity index (χ4n) is 2.67.